The number of nitrogens with one attached hydrogen (secondary N) is 1. The molecule has 7 heteroatoms. The quantitative estimate of drug-likeness (QED) is 0.168. The summed E-state index contributed by atoms with van der Waals surface area (Å²) >= 11 is 1.78. The molecule has 53 heavy (non-hydrogen) atoms. The summed E-state index contributed by atoms with van der Waals surface area (Å²) < 4.78 is 3.32. The number of rotatable bonds is 0. The molecular weight excluding hydrogens is 669 g/mol. The van der Waals surface area contributed by atoms with Crippen LogP contribution < -0.4 is 5.32 Å². The van der Waals surface area contributed by atoms with Gasteiger partial charge in [-0.05, 0) is 79.8 Å². The Balaban J connectivity index is 0.000000136. The van der Waals surface area contributed by atoms with Crippen molar-refractivity contribution in [2.24, 2.45) is 0 Å². The van der Waals surface area contributed by atoms with Crippen LogP contribution >= 0.6 is 11.3 Å². The van der Waals surface area contributed by atoms with E-state index in [0.29, 0.717) is 0 Å². The molecule has 0 radical (unpaired) electrons. The van der Waals surface area contributed by atoms with Crippen LogP contribution in [0.25, 0.3) is 26.8 Å². The molecule has 0 unspecified atom stereocenters. The highest BCUT2D eigenvalue weighted by Gasteiger charge is 2.20. The van der Waals surface area contributed by atoms with Crippen LogP contribution in [0.3, 0.4) is 0 Å². The highest BCUT2D eigenvalue weighted by Crippen LogP contribution is 2.32. The highest BCUT2D eigenvalue weighted by atomic mass is 32.1. The van der Waals surface area contributed by atoms with Crippen molar-refractivity contribution < 1.29 is 0 Å². The van der Waals surface area contributed by atoms with Gasteiger partial charge >= 0.3 is 0 Å². The summed E-state index contributed by atoms with van der Waals surface area (Å²) in [5.41, 5.74) is 12.1. The number of hydrogen-bond donors (Lipinski definition) is 1. The van der Waals surface area contributed by atoms with E-state index in [0.717, 1.165) is 35.5 Å². The predicted octanol–water partition coefficient (Wildman–Crippen LogP) is 11.7. The predicted molar refractivity (Wildman–Crippen MR) is 226 cm³/mol. The summed E-state index contributed by atoms with van der Waals surface area (Å²) in [6, 6.07) is 21.6. The lowest BCUT2D eigenvalue weighted by atomic mass is 9.85. The van der Waals surface area contributed by atoms with Crippen LogP contribution in [0.15, 0.2) is 103 Å². The second-order valence-electron chi connectivity index (χ2n) is 17.9. The molecule has 8 rings (SSSR count). The van der Waals surface area contributed by atoms with E-state index in [2.05, 4.69) is 168 Å². The van der Waals surface area contributed by atoms with Crippen molar-refractivity contribution in [1.29, 1.82) is 0 Å². The summed E-state index contributed by atoms with van der Waals surface area (Å²) in [5.74, 6) is 0. The molecule has 0 saturated carbocycles. The molecular formula is C46H58N6S. The molecule has 0 atom stereocenters. The molecule has 278 valence electrons. The van der Waals surface area contributed by atoms with Crippen molar-refractivity contribution in [2.75, 3.05) is 0 Å². The number of thiophene rings is 1. The smallest absolute Gasteiger partial charge is 0.159 e. The van der Waals surface area contributed by atoms with Crippen LogP contribution in [0.2, 0.25) is 0 Å². The minimum atomic E-state index is 0.0495. The van der Waals surface area contributed by atoms with E-state index >= 15 is 0 Å². The molecule has 0 bridgehead atoms. The molecule has 0 saturated heterocycles. The summed E-state index contributed by atoms with van der Waals surface area (Å²) in [7, 11) is 0. The second kappa shape index (κ2) is 15.9. The zero-order valence-electron chi connectivity index (χ0n) is 33.9. The summed E-state index contributed by atoms with van der Waals surface area (Å²) in [6.07, 6.45) is 11.2. The largest absolute Gasteiger partial charge is 0.309 e. The third-order valence-corrected chi connectivity index (χ3v) is 10.3. The number of fused-ring (bicyclic) bond motifs is 4. The molecule has 0 aliphatic carbocycles. The number of pyridine rings is 2. The molecule has 5 aromatic heterocycles. The van der Waals surface area contributed by atoms with E-state index < -0.39 is 0 Å². The van der Waals surface area contributed by atoms with Crippen LogP contribution in [0.4, 0.5) is 0 Å². The van der Waals surface area contributed by atoms with E-state index in [9.17, 15) is 0 Å². The van der Waals surface area contributed by atoms with Crippen molar-refractivity contribution in [1.82, 2.24) is 29.7 Å². The van der Waals surface area contributed by atoms with Gasteiger partial charge in [-0.1, -0.05) is 113 Å². The van der Waals surface area contributed by atoms with Crippen LogP contribution in [-0.2, 0) is 34.7 Å². The Hall–Kier alpha value is -4.46. The molecule has 0 spiro atoms. The second-order valence-corrected chi connectivity index (χ2v) is 18.8. The number of imidazole rings is 1. The van der Waals surface area contributed by atoms with Crippen LogP contribution in [0, 0.1) is 0 Å². The third kappa shape index (κ3) is 10.2. The van der Waals surface area contributed by atoms with E-state index in [1.54, 1.807) is 17.5 Å². The third-order valence-electron chi connectivity index (χ3n) is 9.35. The fraction of sp³-hybridized carbons (Fsp3) is 0.391. The molecule has 7 aromatic rings. The molecule has 1 aliphatic rings. The maximum atomic E-state index is 4.37. The van der Waals surface area contributed by atoms with Crippen molar-refractivity contribution >= 4 is 38.1 Å². The normalized spacial score (nSPS) is 13.1. The van der Waals surface area contributed by atoms with Gasteiger partial charge in [0.2, 0.25) is 0 Å². The lowest BCUT2D eigenvalue weighted by Crippen LogP contribution is -2.15. The molecule has 6 heterocycles. The lowest BCUT2D eigenvalue weighted by molar-refractivity contribution is 0.570. The average molecular weight is 727 g/mol. The van der Waals surface area contributed by atoms with Gasteiger partial charge in [-0.3, -0.25) is 15.0 Å². The van der Waals surface area contributed by atoms with E-state index in [1.165, 1.54) is 37.9 Å². The summed E-state index contributed by atoms with van der Waals surface area (Å²) in [5, 5.41) is 6.69. The van der Waals surface area contributed by atoms with Gasteiger partial charge in [0.05, 0.1) is 21.4 Å². The van der Waals surface area contributed by atoms with Gasteiger partial charge in [-0.2, -0.15) is 0 Å². The van der Waals surface area contributed by atoms with Crippen LogP contribution in [0.1, 0.15) is 117 Å². The standard InChI is InChI=1S/C13H15N.C12H17N.C11H13NS.C10H13N3/c1-13(2,3)11-6-7-12-10(9-11)5-4-8-14-12;1-12(2,3)11-5-4-9-7-13-8-10(9)6-11;1-11(2,3)8-4-6-12-9-5-7-13-10(8)9;1-10(2,3)8-9-12-5-7-13(9)6-4-11-8/h4-9H,1-3H3;4-6,13H,7-8H2,1-3H3;2*4-7H,1-3H3. The summed E-state index contributed by atoms with van der Waals surface area (Å²) in [6.45, 7) is 28.7. The van der Waals surface area contributed by atoms with Crippen LogP contribution in [-0.4, -0.2) is 24.3 Å². The number of benzene rings is 2. The van der Waals surface area contributed by atoms with Crippen molar-refractivity contribution in [3.8, 4) is 0 Å². The SMILES string of the molecule is CC(C)(C)c1ccc2c(c1)CNC2.CC(C)(C)c1ccc2ncccc2c1.CC(C)(C)c1ccnc2ccsc12.CC(C)(C)c1nccn2ccnc12. The first-order valence-corrected chi connectivity index (χ1v) is 19.5. The number of aromatic nitrogens is 5. The van der Waals surface area contributed by atoms with Gasteiger partial charge in [-0.15, -0.1) is 11.3 Å². The molecule has 0 fully saturated rings. The Bertz CT molecular complexity index is 2180. The van der Waals surface area contributed by atoms with Gasteiger partial charge in [-0.25, -0.2) is 4.98 Å². The van der Waals surface area contributed by atoms with Crippen molar-refractivity contribution in [2.45, 2.75) is 118 Å². The zero-order chi connectivity index (χ0) is 38.6. The first kappa shape index (κ1) is 39.7. The minimum absolute atomic E-state index is 0.0495. The molecule has 2 aromatic carbocycles. The van der Waals surface area contributed by atoms with Crippen molar-refractivity contribution in [3.63, 3.8) is 0 Å². The van der Waals surface area contributed by atoms with Gasteiger partial charge in [0.1, 0.15) is 0 Å². The lowest BCUT2D eigenvalue weighted by Gasteiger charge is -2.19. The topological polar surface area (TPSA) is 68.0 Å². The number of hydrogen-bond acceptors (Lipinski definition) is 6. The zero-order valence-corrected chi connectivity index (χ0v) is 34.7. The van der Waals surface area contributed by atoms with Gasteiger partial charge in [0, 0.05) is 61.1 Å². The highest BCUT2D eigenvalue weighted by molar-refractivity contribution is 7.17. The first-order valence-electron chi connectivity index (χ1n) is 18.6. The van der Waals surface area contributed by atoms with Gasteiger partial charge in [0.15, 0.2) is 5.65 Å². The van der Waals surface area contributed by atoms with Crippen LogP contribution in [0.5, 0.6) is 0 Å². The Kier molecular flexibility index (Phi) is 11.9. The molecule has 0 amide bonds. The molecule has 1 N–H and O–H groups in total. The Morgan fingerprint density at radius 3 is 1.89 bits per heavy atom. The van der Waals surface area contributed by atoms with E-state index in [4.69, 9.17) is 0 Å². The average Bonchev–Trinajstić information content (AvgIpc) is 3.87. The van der Waals surface area contributed by atoms with Gasteiger partial charge < -0.3 is 9.72 Å². The van der Waals surface area contributed by atoms with E-state index in [-0.39, 0.29) is 21.7 Å². The molecule has 1 aliphatic heterocycles. The van der Waals surface area contributed by atoms with Crippen molar-refractivity contribution in [3.05, 3.63) is 137 Å². The molecule has 6 nitrogen and oxygen atoms in total. The maximum Gasteiger partial charge on any atom is 0.159 e. The monoisotopic (exact) mass is 726 g/mol. The van der Waals surface area contributed by atoms with E-state index in [1.807, 2.05) is 41.5 Å². The fourth-order valence-corrected chi connectivity index (χ4v) is 7.23. The van der Waals surface area contributed by atoms with Gasteiger partial charge in [0.25, 0.3) is 0 Å². The summed E-state index contributed by atoms with van der Waals surface area (Å²) in [4.78, 5) is 17.3. The Labute approximate surface area is 321 Å². The Morgan fingerprint density at radius 1 is 0.566 bits per heavy atom. The fourth-order valence-electron chi connectivity index (χ4n) is 6.15. The minimum Gasteiger partial charge on any atom is -0.309 e. The maximum absolute atomic E-state index is 4.37. The first-order chi connectivity index (χ1) is 24.8. The Morgan fingerprint density at radius 2 is 1.21 bits per heavy atom. The number of nitrogens with zero attached hydrogens (tertiary/aromatic N) is 5.